The first kappa shape index (κ1) is 29.4. The van der Waals surface area contributed by atoms with Gasteiger partial charge >= 0.3 is 12.4 Å². The average molecular weight is 603 g/mol. The van der Waals surface area contributed by atoms with E-state index in [0.717, 1.165) is 24.3 Å². The molecule has 0 fully saturated rings. The number of nitrogens with zero attached hydrogens (tertiary/aromatic N) is 6. The predicted octanol–water partition coefficient (Wildman–Crippen LogP) is 7.30. The smallest absolute Gasteiger partial charge is 0.338 e. The number of anilines is 4. The van der Waals surface area contributed by atoms with Gasteiger partial charge in [0.15, 0.2) is 11.1 Å². The highest BCUT2D eigenvalue weighted by molar-refractivity contribution is 6.16. The van der Waals surface area contributed by atoms with Gasteiger partial charge in [0.2, 0.25) is 0 Å². The zero-order valence-corrected chi connectivity index (χ0v) is 22.6. The van der Waals surface area contributed by atoms with Crippen LogP contribution in [0.4, 0.5) is 49.1 Å². The molecule has 0 amide bonds. The molecular formula is C30H16F6N8. The van der Waals surface area contributed by atoms with Gasteiger partial charge in [0.05, 0.1) is 33.9 Å². The number of nitriles is 4. The molecule has 3 aromatic rings. The van der Waals surface area contributed by atoms with Gasteiger partial charge in [-0.3, -0.25) is 0 Å². The summed E-state index contributed by atoms with van der Waals surface area (Å²) < 4.78 is 80.5. The highest BCUT2D eigenvalue weighted by Gasteiger charge is 2.40. The minimum absolute atomic E-state index is 0.0307. The van der Waals surface area contributed by atoms with E-state index >= 15 is 0 Å². The molecule has 2 heterocycles. The van der Waals surface area contributed by atoms with Crippen LogP contribution in [0.15, 0.2) is 71.3 Å². The molecule has 0 aliphatic carbocycles. The molecule has 0 unspecified atom stereocenters. The minimum Gasteiger partial charge on any atom is -0.338 e. The lowest BCUT2D eigenvalue weighted by Gasteiger charge is -2.23. The summed E-state index contributed by atoms with van der Waals surface area (Å²) >= 11 is 0. The minimum atomic E-state index is -4.62. The number of alkyl halides is 6. The molecule has 0 radical (unpaired) electrons. The largest absolute Gasteiger partial charge is 0.416 e. The number of hydrogen-bond acceptors (Lipinski definition) is 8. The van der Waals surface area contributed by atoms with Crippen molar-refractivity contribution in [3.63, 3.8) is 0 Å². The van der Waals surface area contributed by atoms with Gasteiger partial charge < -0.3 is 20.4 Å². The van der Waals surface area contributed by atoms with E-state index in [1.165, 1.54) is 48.2 Å². The molecule has 2 aliphatic heterocycles. The number of halogens is 6. The van der Waals surface area contributed by atoms with E-state index in [-0.39, 0.29) is 67.8 Å². The van der Waals surface area contributed by atoms with E-state index in [0.29, 0.717) is 0 Å². The van der Waals surface area contributed by atoms with E-state index in [1.807, 2.05) is 0 Å². The predicted molar refractivity (Wildman–Crippen MR) is 148 cm³/mol. The van der Waals surface area contributed by atoms with Crippen molar-refractivity contribution in [2.24, 2.45) is 0 Å². The Balaban J connectivity index is 1.92. The Morgan fingerprint density at radius 2 is 0.864 bits per heavy atom. The molecule has 14 heteroatoms. The second-order valence-corrected chi connectivity index (χ2v) is 9.61. The summed E-state index contributed by atoms with van der Waals surface area (Å²) in [7, 11) is 3.01. The fraction of sp³-hybridized carbons (Fsp3) is 0.133. The van der Waals surface area contributed by atoms with Crippen LogP contribution in [0.1, 0.15) is 11.1 Å². The molecule has 3 aromatic carbocycles. The third-order valence-electron chi connectivity index (χ3n) is 7.20. The number of benzene rings is 3. The van der Waals surface area contributed by atoms with Gasteiger partial charge in [0.25, 0.3) is 0 Å². The Bertz CT molecular complexity index is 1770. The number of allylic oxidation sites excluding steroid dienone is 2. The van der Waals surface area contributed by atoms with Crippen molar-refractivity contribution in [2.45, 2.75) is 12.4 Å². The molecule has 2 aliphatic rings. The van der Waals surface area contributed by atoms with E-state index < -0.39 is 23.5 Å². The fourth-order valence-electron chi connectivity index (χ4n) is 5.20. The second-order valence-electron chi connectivity index (χ2n) is 9.61. The van der Waals surface area contributed by atoms with Gasteiger partial charge in [0.1, 0.15) is 35.9 Å². The maximum atomic E-state index is 13.4. The normalized spacial score (nSPS) is 13.5. The molecule has 0 spiro atoms. The van der Waals surface area contributed by atoms with Gasteiger partial charge in [-0.05, 0) is 35.4 Å². The van der Waals surface area contributed by atoms with Gasteiger partial charge in [-0.1, -0.05) is 24.3 Å². The van der Waals surface area contributed by atoms with Crippen LogP contribution in [0.25, 0.3) is 22.3 Å². The van der Waals surface area contributed by atoms with Crippen molar-refractivity contribution >= 4 is 22.7 Å². The molecule has 0 saturated heterocycles. The highest BCUT2D eigenvalue weighted by Crippen LogP contribution is 2.60. The van der Waals surface area contributed by atoms with Gasteiger partial charge in [-0.25, -0.2) is 0 Å². The zero-order chi connectivity index (χ0) is 32.1. The number of fused-ring (bicyclic) bond motifs is 2. The summed E-state index contributed by atoms with van der Waals surface area (Å²) in [5, 5.41) is 44.6. The average Bonchev–Trinajstić information content (AvgIpc) is 3.49. The summed E-state index contributed by atoms with van der Waals surface area (Å²) in [5.74, 6) is 0.0614. The van der Waals surface area contributed by atoms with Crippen LogP contribution in [0.2, 0.25) is 0 Å². The lowest BCUT2D eigenvalue weighted by Crippen LogP contribution is -2.17. The second kappa shape index (κ2) is 10.3. The Kier molecular flexibility index (Phi) is 6.88. The van der Waals surface area contributed by atoms with Crippen molar-refractivity contribution < 1.29 is 26.3 Å². The molecule has 0 bridgehead atoms. The first-order valence-electron chi connectivity index (χ1n) is 12.5. The summed E-state index contributed by atoms with van der Waals surface area (Å²) in [6.45, 7) is 0. The molecular weight excluding hydrogens is 586 g/mol. The summed E-state index contributed by atoms with van der Waals surface area (Å²) in [5.41, 5.74) is -0.440. The van der Waals surface area contributed by atoms with Crippen molar-refractivity contribution in [3.05, 3.63) is 82.4 Å². The van der Waals surface area contributed by atoms with Crippen LogP contribution >= 0.6 is 0 Å². The van der Waals surface area contributed by atoms with Crippen molar-refractivity contribution in [1.82, 2.24) is 0 Å². The van der Waals surface area contributed by atoms with Crippen molar-refractivity contribution in [1.29, 1.82) is 21.0 Å². The van der Waals surface area contributed by atoms with E-state index in [9.17, 15) is 47.4 Å². The first-order valence-corrected chi connectivity index (χ1v) is 12.5. The topological polar surface area (TPSA) is 126 Å². The first-order chi connectivity index (χ1) is 20.8. The maximum Gasteiger partial charge on any atom is 0.416 e. The molecule has 0 saturated carbocycles. The van der Waals surface area contributed by atoms with Crippen LogP contribution < -0.4 is 20.4 Å². The Labute approximate surface area is 246 Å². The van der Waals surface area contributed by atoms with Gasteiger partial charge in [-0.2, -0.15) is 47.4 Å². The van der Waals surface area contributed by atoms with E-state index in [4.69, 9.17) is 0 Å². The van der Waals surface area contributed by atoms with E-state index in [1.54, 1.807) is 24.3 Å². The number of rotatable bonds is 2. The molecule has 5 rings (SSSR count). The fourth-order valence-corrected chi connectivity index (χ4v) is 5.20. The van der Waals surface area contributed by atoms with E-state index in [2.05, 4.69) is 10.6 Å². The lowest BCUT2D eigenvalue weighted by molar-refractivity contribution is -0.138. The van der Waals surface area contributed by atoms with Crippen molar-refractivity contribution in [2.75, 3.05) is 34.5 Å². The quantitative estimate of drug-likeness (QED) is 0.231. The Morgan fingerprint density at radius 1 is 0.568 bits per heavy atom. The SMILES string of the molecule is CN1C(=C(C#N)C#N)Nc2c(-c3ccc(C(F)(F)F)cc3)c3c(c(-c4ccc(C(F)(F)F)cc4)c21)NC(=C(C#N)C#N)N3C. The zero-order valence-electron chi connectivity index (χ0n) is 22.6. The lowest BCUT2D eigenvalue weighted by atomic mass is 9.91. The number of hydrogen-bond donors (Lipinski definition) is 2. The maximum absolute atomic E-state index is 13.4. The monoisotopic (exact) mass is 602 g/mol. The molecule has 0 atom stereocenters. The van der Waals surface area contributed by atoms with Gasteiger partial charge in [0, 0.05) is 25.2 Å². The third kappa shape index (κ3) is 4.56. The highest BCUT2D eigenvalue weighted by atomic mass is 19.4. The van der Waals surface area contributed by atoms with Crippen LogP contribution in [0.3, 0.4) is 0 Å². The Morgan fingerprint density at radius 3 is 1.11 bits per heavy atom. The third-order valence-corrected chi connectivity index (χ3v) is 7.20. The van der Waals surface area contributed by atoms with Crippen LogP contribution in [-0.2, 0) is 12.4 Å². The molecule has 44 heavy (non-hydrogen) atoms. The number of nitrogens with one attached hydrogen (secondary N) is 2. The molecule has 0 aromatic heterocycles. The van der Waals surface area contributed by atoms with Crippen molar-refractivity contribution in [3.8, 4) is 46.5 Å². The van der Waals surface area contributed by atoms with Crippen LogP contribution in [0.5, 0.6) is 0 Å². The standard InChI is InChI=1S/C30H16F6N8/c1-43-25-21(15-3-7-19(8-4-15)29(31,32)33)24-26(44(2)28(42-24)18(13-39)14-40)22(23(25)41-27(43)17(11-37)12-38)16-5-9-20(10-6-16)30(34,35)36/h3-10,41-42H,1-2H3. The molecule has 8 nitrogen and oxygen atoms in total. The summed E-state index contributed by atoms with van der Waals surface area (Å²) in [4.78, 5) is 2.88. The van der Waals surface area contributed by atoms with Crippen LogP contribution in [-0.4, -0.2) is 14.1 Å². The summed E-state index contributed by atoms with van der Waals surface area (Å²) in [6, 6.07) is 15.5. The Hall–Kier alpha value is -6.12. The molecule has 2 N–H and O–H groups in total. The van der Waals surface area contributed by atoms with Gasteiger partial charge in [-0.15, -0.1) is 0 Å². The summed E-state index contributed by atoms with van der Waals surface area (Å²) in [6.07, 6.45) is -9.25. The van der Waals surface area contributed by atoms with Crippen LogP contribution in [0, 0.1) is 45.3 Å². The molecule has 218 valence electrons.